The van der Waals surface area contributed by atoms with Gasteiger partial charge in [-0.15, -0.1) is 0 Å². The predicted molar refractivity (Wildman–Crippen MR) is 132 cm³/mol. The number of amides is 2. The molecule has 0 aliphatic heterocycles. The standard InChI is InChI=1S/C26H35N3O6/c1-4-34-26(33)19-10-12-20(13-11-19)28-25(32)22(14-17(2)3)29-24(31)21(27)15-23(30)35-16-18-8-6-5-7-9-18/h5-13,17,21-23,30H,4,14-16,27H2,1-3H3,(H,28,32)(H,29,31). The van der Waals surface area contributed by atoms with Crippen molar-refractivity contribution in [2.45, 2.75) is 58.6 Å². The Balaban J connectivity index is 1.92. The molecule has 0 aliphatic carbocycles. The predicted octanol–water partition coefficient (Wildman–Crippen LogP) is 2.59. The average molecular weight is 486 g/mol. The SMILES string of the molecule is CCOC(=O)c1ccc(NC(=O)C(CC(C)C)NC(=O)C(N)CC(O)OCc2ccccc2)cc1. The van der Waals surface area contributed by atoms with Crippen LogP contribution in [0.5, 0.6) is 0 Å². The molecule has 2 rings (SSSR count). The average Bonchev–Trinajstić information content (AvgIpc) is 2.83. The molecule has 0 fully saturated rings. The highest BCUT2D eigenvalue weighted by atomic mass is 16.6. The van der Waals surface area contributed by atoms with E-state index in [-0.39, 0.29) is 25.6 Å². The minimum atomic E-state index is -1.23. The number of esters is 1. The second kappa shape index (κ2) is 14.2. The van der Waals surface area contributed by atoms with Gasteiger partial charge in [0.2, 0.25) is 11.8 Å². The van der Waals surface area contributed by atoms with Crippen LogP contribution in [0, 0.1) is 5.92 Å². The first-order valence-corrected chi connectivity index (χ1v) is 11.7. The number of anilines is 1. The summed E-state index contributed by atoms with van der Waals surface area (Å²) in [6.07, 6.45) is -0.964. The van der Waals surface area contributed by atoms with E-state index >= 15 is 0 Å². The summed E-state index contributed by atoms with van der Waals surface area (Å²) in [7, 11) is 0. The zero-order valence-corrected chi connectivity index (χ0v) is 20.4. The van der Waals surface area contributed by atoms with Crippen molar-refractivity contribution in [3.05, 3.63) is 65.7 Å². The molecule has 9 nitrogen and oxygen atoms in total. The van der Waals surface area contributed by atoms with Gasteiger partial charge in [0.05, 0.1) is 24.8 Å². The second-order valence-electron chi connectivity index (χ2n) is 8.57. The number of ether oxygens (including phenoxy) is 2. The lowest BCUT2D eigenvalue weighted by Gasteiger charge is -2.23. The summed E-state index contributed by atoms with van der Waals surface area (Å²) in [5.74, 6) is -1.30. The third-order valence-electron chi connectivity index (χ3n) is 5.08. The Bertz CT molecular complexity index is 949. The normalized spacial score (nSPS) is 13.5. The maximum atomic E-state index is 12.9. The molecule has 2 amide bonds. The number of hydrogen-bond donors (Lipinski definition) is 4. The minimum Gasteiger partial charge on any atom is -0.462 e. The summed E-state index contributed by atoms with van der Waals surface area (Å²) in [6.45, 7) is 6.04. The maximum Gasteiger partial charge on any atom is 0.338 e. The molecule has 0 heterocycles. The smallest absolute Gasteiger partial charge is 0.338 e. The van der Waals surface area contributed by atoms with E-state index in [1.807, 2.05) is 44.2 Å². The van der Waals surface area contributed by atoms with Crippen molar-refractivity contribution in [3.63, 3.8) is 0 Å². The Morgan fingerprint density at radius 1 is 0.971 bits per heavy atom. The summed E-state index contributed by atoms with van der Waals surface area (Å²) in [4.78, 5) is 37.3. The number of rotatable bonds is 13. The number of aliphatic hydroxyl groups is 1. The highest BCUT2D eigenvalue weighted by Crippen LogP contribution is 2.14. The molecule has 0 aliphatic rings. The van der Waals surface area contributed by atoms with Gasteiger partial charge in [-0.25, -0.2) is 4.79 Å². The van der Waals surface area contributed by atoms with Gasteiger partial charge < -0.3 is 30.9 Å². The van der Waals surface area contributed by atoms with Crippen LogP contribution >= 0.6 is 0 Å². The van der Waals surface area contributed by atoms with E-state index in [9.17, 15) is 19.5 Å². The Morgan fingerprint density at radius 2 is 1.63 bits per heavy atom. The first-order chi connectivity index (χ1) is 16.7. The zero-order valence-electron chi connectivity index (χ0n) is 20.4. The van der Waals surface area contributed by atoms with Crippen LogP contribution < -0.4 is 16.4 Å². The van der Waals surface area contributed by atoms with Gasteiger partial charge in [-0.05, 0) is 49.1 Å². The summed E-state index contributed by atoms with van der Waals surface area (Å²) in [6, 6.07) is 13.7. The van der Waals surface area contributed by atoms with E-state index in [0.717, 1.165) is 5.56 Å². The third kappa shape index (κ3) is 9.86. The van der Waals surface area contributed by atoms with Crippen LogP contribution in [-0.2, 0) is 25.7 Å². The number of nitrogens with one attached hydrogen (secondary N) is 2. The molecule has 3 unspecified atom stereocenters. The molecular formula is C26H35N3O6. The lowest BCUT2D eigenvalue weighted by atomic mass is 10.0. The van der Waals surface area contributed by atoms with Gasteiger partial charge in [-0.3, -0.25) is 9.59 Å². The fourth-order valence-corrected chi connectivity index (χ4v) is 3.27. The third-order valence-corrected chi connectivity index (χ3v) is 5.08. The molecule has 0 aromatic heterocycles. The lowest BCUT2D eigenvalue weighted by Crippen LogP contribution is -2.51. The molecule has 0 saturated heterocycles. The van der Waals surface area contributed by atoms with Gasteiger partial charge in [0.25, 0.3) is 0 Å². The number of carbonyl (C=O) groups excluding carboxylic acids is 3. The fraction of sp³-hybridized carbons (Fsp3) is 0.423. The van der Waals surface area contributed by atoms with Crippen LogP contribution in [0.2, 0.25) is 0 Å². The number of nitrogens with two attached hydrogens (primary N) is 1. The molecule has 0 radical (unpaired) electrons. The van der Waals surface area contributed by atoms with Crippen LogP contribution in [0.15, 0.2) is 54.6 Å². The first-order valence-electron chi connectivity index (χ1n) is 11.7. The molecule has 0 bridgehead atoms. The number of hydrogen-bond acceptors (Lipinski definition) is 7. The van der Waals surface area contributed by atoms with Gasteiger partial charge in [0.15, 0.2) is 6.29 Å². The summed E-state index contributed by atoms with van der Waals surface area (Å²) < 4.78 is 10.3. The van der Waals surface area contributed by atoms with Gasteiger partial charge in [-0.2, -0.15) is 0 Å². The van der Waals surface area contributed by atoms with Gasteiger partial charge in [0, 0.05) is 12.1 Å². The maximum absolute atomic E-state index is 12.9. The highest BCUT2D eigenvalue weighted by molar-refractivity contribution is 5.98. The van der Waals surface area contributed by atoms with Gasteiger partial charge in [-0.1, -0.05) is 44.2 Å². The first kappa shape index (κ1) is 28.0. The monoisotopic (exact) mass is 485 g/mol. The van der Waals surface area contributed by atoms with Crippen LogP contribution in [0.1, 0.15) is 49.5 Å². The van der Waals surface area contributed by atoms with Crippen molar-refractivity contribution in [1.29, 1.82) is 0 Å². The Labute approximate surface area is 206 Å². The second-order valence-corrected chi connectivity index (χ2v) is 8.57. The molecule has 0 saturated carbocycles. The number of aliphatic hydroxyl groups excluding tert-OH is 1. The number of carbonyl (C=O) groups is 3. The molecule has 3 atom stereocenters. The molecule has 2 aromatic rings. The van der Waals surface area contributed by atoms with E-state index < -0.39 is 36.2 Å². The number of benzene rings is 2. The van der Waals surface area contributed by atoms with Gasteiger partial charge >= 0.3 is 5.97 Å². The van der Waals surface area contributed by atoms with Crippen LogP contribution in [0.4, 0.5) is 5.69 Å². The Kier molecular flexibility index (Phi) is 11.4. The Morgan fingerprint density at radius 3 is 2.23 bits per heavy atom. The van der Waals surface area contributed by atoms with Crippen molar-refractivity contribution in [1.82, 2.24) is 5.32 Å². The molecule has 5 N–H and O–H groups in total. The molecule has 0 spiro atoms. The van der Waals surface area contributed by atoms with E-state index in [0.29, 0.717) is 17.7 Å². The van der Waals surface area contributed by atoms with Crippen molar-refractivity contribution in [2.24, 2.45) is 11.7 Å². The van der Waals surface area contributed by atoms with Crippen LogP contribution in [0.25, 0.3) is 0 Å². The zero-order chi connectivity index (χ0) is 25.8. The summed E-state index contributed by atoms with van der Waals surface area (Å²) in [5.41, 5.74) is 7.69. The van der Waals surface area contributed by atoms with Crippen molar-refractivity contribution < 1.29 is 29.0 Å². The molecule has 190 valence electrons. The van der Waals surface area contributed by atoms with Crippen LogP contribution in [-0.4, -0.2) is 47.9 Å². The lowest BCUT2D eigenvalue weighted by molar-refractivity contribution is -0.135. The minimum absolute atomic E-state index is 0.119. The van der Waals surface area contributed by atoms with E-state index in [2.05, 4.69) is 10.6 Å². The van der Waals surface area contributed by atoms with Crippen molar-refractivity contribution in [2.75, 3.05) is 11.9 Å². The van der Waals surface area contributed by atoms with Crippen molar-refractivity contribution >= 4 is 23.5 Å². The summed E-state index contributed by atoms with van der Waals surface area (Å²) in [5, 5.41) is 15.5. The summed E-state index contributed by atoms with van der Waals surface area (Å²) >= 11 is 0. The molecule has 35 heavy (non-hydrogen) atoms. The Hall–Kier alpha value is -3.27. The van der Waals surface area contributed by atoms with E-state index in [1.165, 1.54) is 0 Å². The molecular weight excluding hydrogens is 450 g/mol. The van der Waals surface area contributed by atoms with Crippen LogP contribution in [0.3, 0.4) is 0 Å². The largest absolute Gasteiger partial charge is 0.462 e. The topological polar surface area (TPSA) is 140 Å². The fourth-order valence-electron chi connectivity index (χ4n) is 3.27. The van der Waals surface area contributed by atoms with Gasteiger partial charge in [0.1, 0.15) is 6.04 Å². The molecule has 9 heteroatoms. The van der Waals surface area contributed by atoms with Crippen molar-refractivity contribution in [3.8, 4) is 0 Å². The quantitative estimate of drug-likeness (QED) is 0.252. The highest BCUT2D eigenvalue weighted by Gasteiger charge is 2.26. The van der Waals surface area contributed by atoms with E-state index in [1.54, 1.807) is 31.2 Å². The molecule has 2 aromatic carbocycles. The van der Waals surface area contributed by atoms with E-state index in [4.69, 9.17) is 15.2 Å².